The number of H-pyrrole nitrogens is 1. The lowest BCUT2D eigenvalue weighted by molar-refractivity contribution is 0.255. The number of anilines is 4. The van der Waals surface area contributed by atoms with E-state index in [-0.39, 0.29) is 0 Å². The van der Waals surface area contributed by atoms with Gasteiger partial charge in [-0.2, -0.15) is 15.3 Å². The number of rotatable bonds is 5. The van der Waals surface area contributed by atoms with E-state index in [1.165, 1.54) is 6.20 Å². The average Bonchev–Trinajstić information content (AvgIpc) is 3.17. The smallest absolute Gasteiger partial charge is 0.229 e. The number of nitrogens with one attached hydrogen (secondary N) is 3. The molecule has 8 nitrogen and oxygen atoms in total. The molecule has 0 atom stereocenters. The first kappa shape index (κ1) is 21.1. The predicted octanol–water partition coefficient (Wildman–Crippen LogP) is 4.64. The molecule has 3 N–H and O–H groups in total. The number of piperidine rings is 1. The fraction of sp³-hybridized carbons (Fsp3) is 0.364. The van der Waals surface area contributed by atoms with Crippen LogP contribution in [0.5, 0.6) is 0 Å². The van der Waals surface area contributed by atoms with Crippen molar-refractivity contribution in [1.29, 1.82) is 5.26 Å². The molecule has 0 bridgehead atoms. The molecule has 0 spiro atoms. The molecule has 1 saturated heterocycles. The predicted molar refractivity (Wildman–Crippen MR) is 122 cm³/mol. The number of aromatic amines is 1. The number of nitrogens with zero attached hydrogens (tertiary/aromatic N) is 5. The molecule has 0 unspecified atom stereocenters. The first-order valence-electron chi connectivity index (χ1n) is 10.2. The van der Waals surface area contributed by atoms with Gasteiger partial charge in [0.05, 0.1) is 17.8 Å². The molecule has 1 fully saturated rings. The van der Waals surface area contributed by atoms with E-state index >= 15 is 0 Å². The number of nitriles is 1. The van der Waals surface area contributed by atoms with Crippen LogP contribution in [0.2, 0.25) is 5.02 Å². The van der Waals surface area contributed by atoms with Crippen LogP contribution in [0.15, 0.2) is 24.4 Å². The van der Waals surface area contributed by atoms with Gasteiger partial charge in [-0.15, -0.1) is 0 Å². The van der Waals surface area contributed by atoms with E-state index in [0.717, 1.165) is 48.4 Å². The van der Waals surface area contributed by atoms with Gasteiger partial charge in [0.2, 0.25) is 5.95 Å². The second kappa shape index (κ2) is 8.92. The highest BCUT2D eigenvalue weighted by atomic mass is 35.5. The zero-order valence-electron chi connectivity index (χ0n) is 17.8. The number of likely N-dealkylation sites (tertiary alicyclic amines) is 1. The van der Waals surface area contributed by atoms with Crippen LogP contribution in [-0.4, -0.2) is 45.2 Å². The number of halogens is 1. The van der Waals surface area contributed by atoms with Gasteiger partial charge in [-0.05, 0) is 69.9 Å². The van der Waals surface area contributed by atoms with Crippen LogP contribution in [-0.2, 0) is 0 Å². The molecule has 0 amide bonds. The quantitative estimate of drug-likeness (QED) is 0.535. The largest absolute Gasteiger partial charge is 0.324 e. The van der Waals surface area contributed by atoms with Crippen molar-refractivity contribution < 1.29 is 0 Å². The number of hydrogen-bond acceptors (Lipinski definition) is 7. The van der Waals surface area contributed by atoms with E-state index in [2.05, 4.69) is 54.9 Å². The highest BCUT2D eigenvalue weighted by molar-refractivity contribution is 6.32. The summed E-state index contributed by atoms with van der Waals surface area (Å²) in [5, 5.41) is 23.5. The van der Waals surface area contributed by atoms with Crippen LogP contribution < -0.4 is 10.6 Å². The van der Waals surface area contributed by atoms with Crippen molar-refractivity contribution in [3.05, 3.63) is 51.8 Å². The number of hydrogen-bond donors (Lipinski definition) is 3. The molecule has 0 saturated carbocycles. The van der Waals surface area contributed by atoms with Crippen molar-refractivity contribution in [2.45, 2.75) is 32.6 Å². The normalized spacial score (nSPS) is 14.9. The van der Waals surface area contributed by atoms with Crippen LogP contribution in [0.3, 0.4) is 0 Å². The zero-order valence-corrected chi connectivity index (χ0v) is 18.6. The summed E-state index contributed by atoms with van der Waals surface area (Å²) in [5.74, 6) is 1.87. The Morgan fingerprint density at radius 1 is 1.19 bits per heavy atom. The second-order valence-electron chi connectivity index (χ2n) is 8.02. The molecular weight excluding hydrogens is 412 g/mol. The molecule has 3 aromatic rings. The first-order valence-corrected chi connectivity index (χ1v) is 10.6. The summed E-state index contributed by atoms with van der Waals surface area (Å²) in [4.78, 5) is 11.1. The zero-order chi connectivity index (χ0) is 22.0. The molecule has 1 aromatic carbocycles. The third-order valence-electron chi connectivity index (χ3n) is 5.62. The van der Waals surface area contributed by atoms with Crippen molar-refractivity contribution >= 4 is 34.9 Å². The van der Waals surface area contributed by atoms with Gasteiger partial charge in [0.1, 0.15) is 5.02 Å². The van der Waals surface area contributed by atoms with Crippen molar-refractivity contribution in [3.63, 3.8) is 0 Å². The summed E-state index contributed by atoms with van der Waals surface area (Å²) in [6, 6.07) is 8.25. The Morgan fingerprint density at radius 3 is 2.65 bits per heavy atom. The molecule has 1 aliphatic rings. The van der Waals surface area contributed by atoms with Gasteiger partial charge >= 0.3 is 0 Å². The average molecular weight is 437 g/mol. The van der Waals surface area contributed by atoms with Crippen LogP contribution >= 0.6 is 11.6 Å². The van der Waals surface area contributed by atoms with Gasteiger partial charge in [0, 0.05) is 17.4 Å². The van der Waals surface area contributed by atoms with Crippen LogP contribution in [0.4, 0.5) is 23.3 Å². The van der Waals surface area contributed by atoms with Crippen molar-refractivity contribution in [3.8, 4) is 6.07 Å². The van der Waals surface area contributed by atoms with Gasteiger partial charge in [-0.1, -0.05) is 17.7 Å². The van der Waals surface area contributed by atoms with Crippen molar-refractivity contribution in [2.24, 2.45) is 0 Å². The maximum Gasteiger partial charge on any atom is 0.229 e. The van der Waals surface area contributed by atoms with Gasteiger partial charge in [-0.3, -0.25) is 5.10 Å². The Kier molecular flexibility index (Phi) is 6.07. The summed E-state index contributed by atoms with van der Waals surface area (Å²) >= 11 is 6.25. The Morgan fingerprint density at radius 2 is 1.97 bits per heavy atom. The molecule has 9 heteroatoms. The minimum Gasteiger partial charge on any atom is -0.324 e. The molecule has 31 heavy (non-hydrogen) atoms. The molecule has 0 radical (unpaired) electrons. The highest BCUT2D eigenvalue weighted by Crippen LogP contribution is 2.34. The molecule has 160 valence electrons. The SMILES string of the molecule is Cc1cc(Nc2nc(Nc3cc(C#N)c(C4CCN(C)CC4)cc3C)ncc2Cl)n[nH]1. The summed E-state index contributed by atoms with van der Waals surface area (Å²) < 4.78 is 0. The minimum atomic E-state index is 0.387. The molecule has 0 aliphatic carbocycles. The third kappa shape index (κ3) is 4.79. The lowest BCUT2D eigenvalue weighted by Crippen LogP contribution is -2.29. The Labute approximate surface area is 186 Å². The summed E-state index contributed by atoms with van der Waals surface area (Å²) in [6.07, 6.45) is 3.67. The standard InChI is InChI=1S/C22H25ClN8/c1-13-8-17(15-4-6-31(3)7-5-15)16(11-24)10-19(13)26-22-25-12-18(23)21(28-22)27-20-9-14(2)29-30-20/h8-10,12,15H,4-7H2,1-3H3,(H3,25,26,27,28,29,30). The molecule has 1 aliphatic heterocycles. The summed E-state index contributed by atoms with van der Waals surface area (Å²) in [6.45, 7) is 6.05. The van der Waals surface area contributed by atoms with Crippen LogP contribution in [0.25, 0.3) is 0 Å². The Bertz CT molecular complexity index is 1130. The fourth-order valence-electron chi connectivity index (χ4n) is 3.86. The molecule has 4 rings (SSSR count). The van der Waals surface area contributed by atoms with Gasteiger partial charge in [0.15, 0.2) is 11.6 Å². The monoisotopic (exact) mass is 436 g/mol. The van der Waals surface area contributed by atoms with Gasteiger partial charge in [0.25, 0.3) is 0 Å². The number of aryl methyl sites for hydroxylation is 2. The fourth-order valence-corrected chi connectivity index (χ4v) is 4.00. The molecule has 3 heterocycles. The Balaban J connectivity index is 1.58. The lowest BCUT2D eigenvalue weighted by Gasteiger charge is -2.30. The minimum absolute atomic E-state index is 0.387. The second-order valence-corrected chi connectivity index (χ2v) is 8.43. The first-order chi connectivity index (χ1) is 14.9. The summed E-state index contributed by atoms with van der Waals surface area (Å²) in [7, 11) is 2.14. The topological polar surface area (TPSA) is 106 Å². The molecular formula is C22H25ClN8. The van der Waals surface area contributed by atoms with E-state index < -0.39 is 0 Å². The Hall–Kier alpha value is -3.15. The maximum absolute atomic E-state index is 9.77. The van der Waals surface area contributed by atoms with Crippen molar-refractivity contribution in [2.75, 3.05) is 30.8 Å². The lowest BCUT2D eigenvalue weighted by atomic mass is 9.85. The van der Waals surface area contributed by atoms with Crippen molar-refractivity contribution in [1.82, 2.24) is 25.1 Å². The van der Waals surface area contributed by atoms with Crippen LogP contribution in [0, 0.1) is 25.2 Å². The highest BCUT2D eigenvalue weighted by Gasteiger charge is 2.22. The van der Waals surface area contributed by atoms with Crippen LogP contribution in [0.1, 0.15) is 41.1 Å². The van der Waals surface area contributed by atoms with E-state index in [9.17, 15) is 5.26 Å². The third-order valence-corrected chi connectivity index (χ3v) is 5.89. The van der Waals surface area contributed by atoms with E-state index in [1.54, 1.807) is 0 Å². The number of benzene rings is 1. The molecule has 2 aromatic heterocycles. The van der Waals surface area contributed by atoms with Gasteiger partial charge in [-0.25, -0.2) is 4.98 Å². The summed E-state index contributed by atoms with van der Waals surface area (Å²) in [5.41, 5.74) is 4.60. The van der Waals surface area contributed by atoms with Gasteiger partial charge < -0.3 is 15.5 Å². The van der Waals surface area contributed by atoms with E-state index in [1.807, 2.05) is 26.0 Å². The van der Waals surface area contributed by atoms with E-state index in [4.69, 9.17) is 11.6 Å². The number of aromatic nitrogens is 4. The maximum atomic E-state index is 9.77. The van der Waals surface area contributed by atoms with E-state index in [0.29, 0.717) is 34.1 Å².